The van der Waals surface area contributed by atoms with Crippen molar-refractivity contribution in [2.45, 2.75) is 50.2 Å². The van der Waals surface area contributed by atoms with E-state index < -0.39 is 27.8 Å². The summed E-state index contributed by atoms with van der Waals surface area (Å²) in [7, 11) is -3.83. The Morgan fingerprint density at radius 3 is 2.48 bits per heavy atom. The van der Waals surface area contributed by atoms with Gasteiger partial charge in [0, 0.05) is 19.1 Å². The first-order valence-corrected chi connectivity index (χ1v) is 10.0. The highest BCUT2D eigenvalue weighted by atomic mass is 35.5. The smallest absolute Gasteiger partial charge is 0.410 e. The Bertz CT molecular complexity index is 729. The second-order valence-electron chi connectivity index (χ2n) is 6.84. The summed E-state index contributed by atoms with van der Waals surface area (Å²) in [5.74, 6) is 0. The van der Waals surface area contributed by atoms with E-state index in [-0.39, 0.29) is 21.7 Å². The molecule has 1 aliphatic rings. The number of nitrogens with one attached hydrogen (secondary N) is 1. The summed E-state index contributed by atoms with van der Waals surface area (Å²) < 4.78 is 33.0. The normalized spacial score (nSPS) is 18.9. The molecule has 140 valence electrons. The number of likely N-dealkylation sites (tertiary alicyclic amines) is 1. The Balaban J connectivity index is 2.07. The molecule has 0 bridgehead atoms. The van der Waals surface area contributed by atoms with Crippen molar-refractivity contribution in [1.82, 2.24) is 14.6 Å². The van der Waals surface area contributed by atoms with Crippen molar-refractivity contribution in [2.24, 2.45) is 0 Å². The zero-order valence-corrected chi connectivity index (χ0v) is 16.6. The van der Waals surface area contributed by atoms with Crippen LogP contribution in [-0.4, -0.2) is 49.1 Å². The van der Waals surface area contributed by atoms with Crippen molar-refractivity contribution >= 4 is 39.3 Å². The van der Waals surface area contributed by atoms with Gasteiger partial charge in [0.1, 0.15) is 15.9 Å². The molecule has 2 heterocycles. The SMILES string of the molecule is CC(C)(C)OC(=O)N1CCC[C@H](NS(=O)(=O)c2cc(Cl)nc(Cl)c2)C1. The standard InChI is InChI=1S/C15H21Cl2N3O4S/c1-15(2,3)24-14(21)20-6-4-5-10(9-20)19-25(22,23)11-7-12(16)18-13(17)8-11/h7-8,10,19H,4-6,9H2,1-3H3/t10-/m0/s1. The molecule has 10 heteroatoms. The van der Waals surface area contributed by atoms with Gasteiger partial charge in [-0.2, -0.15) is 0 Å². The molecule has 2 rings (SSSR count). The Kier molecular flexibility index (Phi) is 6.19. The van der Waals surface area contributed by atoms with Gasteiger partial charge < -0.3 is 9.64 Å². The van der Waals surface area contributed by atoms with Crippen LogP contribution in [0, 0.1) is 0 Å². The maximum absolute atomic E-state index is 12.5. The van der Waals surface area contributed by atoms with Gasteiger partial charge in [-0.15, -0.1) is 0 Å². The first-order chi connectivity index (χ1) is 11.5. The largest absolute Gasteiger partial charge is 0.444 e. The van der Waals surface area contributed by atoms with Crippen molar-refractivity contribution in [3.05, 3.63) is 22.4 Å². The Labute approximate surface area is 157 Å². The molecule has 0 spiro atoms. The molecule has 25 heavy (non-hydrogen) atoms. The maximum Gasteiger partial charge on any atom is 0.410 e. The van der Waals surface area contributed by atoms with E-state index in [0.29, 0.717) is 19.4 Å². The summed E-state index contributed by atoms with van der Waals surface area (Å²) in [6.45, 7) is 6.12. The minimum Gasteiger partial charge on any atom is -0.444 e. The van der Waals surface area contributed by atoms with Crippen LogP contribution in [0.15, 0.2) is 17.0 Å². The molecule has 1 saturated heterocycles. The van der Waals surface area contributed by atoms with E-state index in [0.717, 1.165) is 0 Å². The molecule has 7 nitrogen and oxygen atoms in total. The van der Waals surface area contributed by atoms with Gasteiger partial charge in [-0.1, -0.05) is 23.2 Å². The van der Waals surface area contributed by atoms with Gasteiger partial charge in [0.15, 0.2) is 0 Å². The fraction of sp³-hybridized carbons (Fsp3) is 0.600. The van der Waals surface area contributed by atoms with Gasteiger partial charge >= 0.3 is 6.09 Å². The highest BCUT2D eigenvalue weighted by Gasteiger charge is 2.30. The molecule has 1 atom stereocenters. The molecule has 0 radical (unpaired) electrons. The minimum atomic E-state index is -3.83. The van der Waals surface area contributed by atoms with E-state index in [1.54, 1.807) is 20.8 Å². The summed E-state index contributed by atoms with van der Waals surface area (Å²) in [6.07, 6.45) is 0.835. The first-order valence-electron chi connectivity index (χ1n) is 7.80. The Hall–Kier alpha value is -1.09. The maximum atomic E-state index is 12.5. The number of hydrogen-bond donors (Lipinski definition) is 1. The molecule has 1 amide bonds. The molecular formula is C15H21Cl2N3O4S. The minimum absolute atomic E-state index is 0.00750. The second-order valence-corrected chi connectivity index (χ2v) is 9.32. The number of rotatable bonds is 3. The van der Waals surface area contributed by atoms with Crippen molar-refractivity contribution in [2.75, 3.05) is 13.1 Å². The van der Waals surface area contributed by atoms with Crippen LogP contribution in [0.3, 0.4) is 0 Å². The molecule has 0 saturated carbocycles. The predicted molar refractivity (Wildman–Crippen MR) is 95.4 cm³/mol. The number of carbonyl (C=O) groups is 1. The van der Waals surface area contributed by atoms with Crippen LogP contribution in [0.4, 0.5) is 4.79 Å². The van der Waals surface area contributed by atoms with Gasteiger partial charge in [-0.05, 0) is 45.7 Å². The van der Waals surface area contributed by atoms with E-state index in [1.165, 1.54) is 17.0 Å². The highest BCUT2D eigenvalue weighted by Crippen LogP contribution is 2.21. The molecule has 0 aromatic carbocycles. The van der Waals surface area contributed by atoms with Gasteiger partial charge in [0.2, 0.25) is 10.0 Å². The molecule has 1 aromatic rings. The predicted octanol–water partition coefficient (Wildman–Crippen LogP) is 3.07. The summed E-state index contributed by atoms with van der Waals surface area (Å²) >= 11 is 11.5. The van der Waals surface area contributed by atoms with Crippen LogP contribution in [-0.2, 0) is 14.8 Å². The topological polar surface area (TPSA) is 88.6 Å². The number of ether oxygens (including phenoxy) is 1. The molecule has 0 unspecified atom stereocenters. The number of hydrogen-bond acceptors (Lipinski definition) is 5. The lowest BCUT2D eigenvalue weighted by atomic mass is 10.1. The average Bonchev–Trinajstić information content (AvgIpc) is 2.44. The van der Waals surface area contributed by atoms with E-state index in [2.05, 4.69) is 9.71 Å². The second kappa shape index (κ2) is 7.65. The number of sulfonamides is 1. The highest BCUT2D eigenvalue weighted by molar-refractivity contribution is 7.89. The van der Waals surface area contributed by atoms with Crippen molar-refractivity contribution in [1.29, 1.82) is 0 Å². The van der Waals surface area contributed by atoms with Crippen molar-refractivity contribution in [3.8, 4) is 0 Å². The van der Waals surface area contributed by atoms with Gasteiger partial charge in [-0.3, -0.25) is 0 Å². The van der Waals surface area contributed by atoms with Gasteiger partial charge in [0.25, 0.3) is 0 Å². The van der Waals surface area contributed by atoms with Crippen LogP contribution in [0.25, 0.3) is 0 Å². The molecular weight excluding hydrogens is 389 g/mol. The summed E-state index contributed by atoms with van der Waals surface area (Å²) in [4.78, 5) is 17.3. The number of pyridine rings is 1. The number of halogens is 2. The third-order valence-corrected chi connectivity index (χ3v) is 5.33. The molecule has 1 aromatic heterocycles. The third-order valence-electron chi connectivity index (χ3n) is 3.44. The molecule has 1 aliphatic heterocycles. The molecule has 0 aliphatic carbocycles. The zero-order chi connectivity index (χ0) is 18.8. The average molecular weight is 410 g/mol. The summed E-state index contributed by atoms with van der Waals surface area (Å²) in [6, 6.07) is 2.03. The molecule has 1 fully saturated rings. The van der Waals surface area contributed by atoms with Crippen LogP contribution in [0.2, 0.25) is 10.3 Å². The van der Waals surface area contributed by atoms with Gasteiger partial charge in [0.05, 0.1) is 4.90 Å². The zero-order valence-electron chi connectivity index (χ0n) is 14.3. The summed E-state index contributed by atoms with van der Waals surface area (Å²) in [5.41, 5.74) is -0.603. The number of carbonyl (C=O) groups excluding carboxylic acids is 1. The monoisotopic (exact) mass is 409 g/mol. The van der Waals surface area contributed by atoms with Crippen molar-refractivity contribution < 1.29 is 17.9 Å². The van der Waals surface area contributed by atoms with Gasteiger partial charge in [-0.25, -0.2) is 22.9 Å². The van der Waals surface area contributed by atoms with E-state index in [1.807, 2.05) is 0 Å². The quantitative estimate of drug-likeness (QED) is 0.774. The van der Waals surface area contributed by atoms with E-state index in [4.69, 9.17) is 27.9 Å². The lowest BCUT2D eigenvalue weighted by Crippen LogP contribution is -2.50. The number of aromatic nitrogens is 1. The number of piperidine rings is 1. The fourth-order valence-electron chi connectivity index (χ4n) is 2.45. The number of amides is 1. The van der Waals surface area contributed by atoms with E-state index in [9.17, 15) is 13.2 Å². The lowest BCUT2D eigenvalue weighted by Gasteiger charge is -2.34. The Morgan fingerprint density at radius 2 is 1.92 bits per heavy atom. The third kappa shape index (κ3) is 5.99. The lowest BCUT2D eigenvalue weighted by molar-refractivity contribution is 0.0195. The number of nitrogens with zero attached hydrogens (tertiary/aromatic N) is 2. The first kappa shape index (κ1) is 20.2. The van der Waals surface area contributed by atoms with Crippen LogP contribution in [0.5, 0.6) is 0 Å². The van der Waals surface area contributed by atoms with Crippen molar-refractivity contribution in [3.63, 3.8) is 0 Å². The van der Waals surface area contributed by atoms with Crippen LogP contribution < -0.4 is 4.72 Å². The van der Waals surface area contributed by atoms with Crippen LogP contribution >= 0.6 is 23.2 Å². The summed E-state index contributed by atoms with van der Waals surface area (Å²) in [5, 5.41) is -0.0150. The molecule has 1 N–H and O–H groups in total. The fourth-order valence-corrected chi connectivity index (χ4v) is 4.34. The van der Waals surface area contributed by atoms with Crippen LogP contribution in [0.1, 0.15) is 33.6 Å². The Morgan fingerprint density at radius 1 is 1.32 bits per heavy atom. The van der Waals surface area contributed by atoms with E-state index >= 15 is 0 Å².